The fourth-order valence-corrected chi connectivity index (χ4v) is 4.17. The molecule has 1 aliphatic rings. The van der Waals surface area contributed by atoms with Gasteiger partial charge >= 0.3 is 5.97 Å². The molecule has 174 valence electrons. The first-order valence-electron chi connectivity index (χ1n) is 11.3. The highest BCUT2D eigenvalue weighted by Gasteiger charge is 2.38. The Hall–Kier alpha value is -5.02. The van der Waals surface area contributed by atoms with E-state index >= 15 is 0 Å². The summed E-state index contributed by atoms with van der Waals surface area (Å²) in [5.41, 5.74) is 5.30. The van der Waals surface area contributed by atoms with E-state index in [0.29, 0.717) is 17.0 Å². The van der Waals surface area contributed by atoms with E-state index in [-0.39, 0.29) is 16.7 Å². The number of carbonyl (C=O) groups excluding carboxylic acids is 3. The molecule has 0 bridgehead atoms. The van der Waals surface area contributed by atoms with E-state index in [1.165, 1.54) is 18.2 Å². The van der Waals surface area contributed by atoms with Crippen LogP contribution < -0.4 is 9.64 Å². The lowest BCUT2D eigenvalue weighted by Gasteiger charge is -2.17. The fourth-order valence-electron chi connectivity index (χ4n) is 4.17. The molecule has 0 N–H and O–H groups in total. The highest BCUT2D eigenvalue weighted by molar-refractivity contribution is 6.35. The van der Waals surface area contributed by atoms with Gasteiger partial charge in [-0.05, 0) is 84.6 Å². The van der Waals surface area contributed by atoms with Crippen LogP contribution in [-0.2, 0) is 0 Å². The van der Waals surface area contributed by atoms with Crippen LogP contribution in [0, 0.1) is 25.2 Å². The number of carbonyl (C=O) groups is 3. The number of hydrogen-bond acceptors (Lipinski definition) is 5. The second-order valence-electron chi connectivity index (χ2n) is 8.60. The van der Waals surface area contributed by atoms with Crippen molar-refractivity contribution in [3.63, 3.8) is 0 Å². The minimum atomic E-state index is -0.630. The zero-order valence-corrected chi connectivity index (χ0v) is 19.6. The van der Waals surface area contributed by atoms with Gasteiger partial charge in [-0.1, -0.05) is 36.4 Å². The van der Waals surface area contributed by atoms with Crippen LogP contribution in [0.3, 0.4) is 0 Å². The van der Waals surface area contributed by atoms with Crippen LogP contribution in [0.25, 0.3) is 11.1 Å². The molecule has 0 atom stereocenters. The smallest absolute Gasteiger partial charge is 0.343 e. The molecular formula is C30H20N2O4. The third-order valence-electron chi connectivity index (χ3n) is 6.14. The molecule has 2 amide bonds. The normalized spacial score (nSPS) is 12.3. The van der Waals surface area contributed by atoms with Crippen molar-refractivity contribution in [2.24, 2.45) is 0 Å². The summed E-state index contributed by atoms with van der Waals surface area (Å²) in [5, 5.41) is 8.94. The lowest BCUT2D eigenvalue weighted by Crippen LogP contribution is -2.30. The molecule has 36 heavy (non-hydrogen) atoms. The standard InChI is InChI=1S/C30H20N2O4/c1-18-3-4-19(2)27(15-18)32-28(33)25-14-11-23(16-26(25)29(32)34)30(35)36-24-12-9-22(10-13-24)21-7-5-20(17-31)6-8-21/h3-16H,1-2H3. The van der Waals surface area contributed by atoms with Gasteiger partial charge < -0.3 is 4.74 Å². The highest BCUT2D eigenvalue weighted by Crippen LogP contribution is 2.32. The molecule has 1 aliphatic heterocycles. The minimum Gasteiger partial charge on any atom is -0.423 e. The number of benzene rings is 4. The average molecular weight is 473 g/mol. The molecular weight excluding hydrogens is 452 g/mol. The Morgan fingerprint density at radius 3 is 2.08 bits per heavy atom. The van der Waals surface area contributed by atoms with Crippen molar-refractivity contribution in [1.29, 1.82) is 5.26 Å². The number of amides is 2. The topological polar surface area (TPSA) is 87.5 Å². The Balaban J connectivity index is 1.35. The van der Waals surface area contributed by atoms with E-state index in [1.54, 1.807) is 30.3 Å². The summed E-state index contributed by atoms with van der Waals surface area (Å²) >= 11 is 0. The zero-order valence-electron chi connectivity index (χ0n) is 19.6. The van der Waals surface area contributed by atoms with Crippen LogP contribution in [-0.4, -0.2) is 17.8 Å². The van der Waals surface area contributed by atoms with Crippen molar-refractivity contribution in [3.8, 4) is 22.9 Å². The lowest BCUT2D eigenvalue weighted by molar-refractivity contribution is 0.0734. The highest BCUT2D eigenvalue weighted by atomic mass is 16.5. The molecule has 0 saturated carbocycles. The van der Waals surface area contributed by atoms with Gasteiger partial charge in [0.15, 0.2) is 0 Å². The van der Waals surface area contributed by atoms with Gasteiger partial charge in [0.05, 0.1) is 34.0 Å². The van der Waals surface area contributed by atoms with E-state index in [1.807, 2.05) is 50.2 Å². The maximum atomic E-state index is 13.2. The summed E-state index contributed by atoms with van der Waals surface area (Å²) in [6.45, 7) is 3.74. The van der Waals surface area contributed by atoms with Crippen molar-refractivity contribution in [2.45, 2.75) is 13.8 Å². The van der Waals surface area contributed by atoms with Crippen molar-refractivity contribution >= 4 is 23.5 Å². The monoisotopic (exact) mass is 472 g/mol. The van der Waals surface area contributed by atoms with Gasteiger partial charge in [0.2, 0.25) is 0 Å². The molecule has 0 spiro atoms. The van der Waals surface area contributed by atoms with Crippen LogP contribution >= 0.6 is 0 Å². The first-order chi connectivity index (χ1) is 17.4. The maximum Gasteiger partial charge on any atom is 0.343 e. The first kappa shape index (κ1) is 22.8. The fraction of sp³-hybridized carbons (Fsp3) is 0.0667. The summed E-state index contributed by atoms with van der Waals surface area (Å²) in [6, 6.07) is 26.2. The first-order valence-corrected chi connectivity index (χ1v) is 11.3. The summed E-state index contributed by atoms with van der Waals surface area (Å²) in [5.74, 6) is -1.17. The van der Waals surface area contributed by atoms with Gasteiger partial charge in [-0.2, -0.15) is 5.26 Å². The van der Waals surface area contributed by atoms with E-state index in [2.05, 4.69) is 6.07 Å². The third kappa shape index (κ3) is 4.04. The van der Waals surface area contributed by atoms with Gasteiger partial charge in [-0.15, -0.1) is 0 Å². The van der Waals surface area contributed by atoms with E-state index < -0.39 is 17.8 Å². The van der Waals surface area contributed by atoms with Crippen molar-refractivity contribution in [3.05, 3.63) is 118 Å². The van der Waals surface area contributed by atoms with Crippen molar-refractivity contribution < 1.29 is 19.1 Å². The Kier molecular flexibility index (Phi) is 5.67. The third-order valence-corrected chi connectivity index (χ3v) is 6.14. The molecule has 6 nitrogen and oxygen atoms in total. The van der Waals surface area contributed by atoms with Gasteiger partial charge in [-0.3, -0.25) is 9.59 Å². The minimum absolute atomic E-state index is 0.173. The Labute approximate surface area is 208 Å². The van der Waals surface area contributed by atoms with E-state index in [0.717, 1.165) is 27.2 Å². The predicted octanol–water partition coefficient (Wildman–Crippen LogP) is 5.86. The number of nitriles is 1. The van der Waals surface area contributed by atoms with Crippen LogP contribution in [0.4, 0.5) is 5.69 Å². The summed E-state index contributed by atoms with van der Waals surface area (Å²) in [7, 11) is 0. The van der Waals surface area contributed by atoms with E-state index in [4.69, 9.17) is 10.00 Å². The van der Waals surface area contributed by atoms with Gasteiger partial charge in [0.25, 0.3) is 11.8 Å². The number of imide groups is 1. The molecule has 6 heteroatoms. The number of hydrogen-bond donors (Lipinski definition) is 0. The summed E-state index contributed by atoms with van der Waals surface area (Å²) in [4.78, 5) is 40.1. The Bertz CT molecular complexity index is 1580. The summed E-state index contributed by atoms with van der Waals surface area (Å²) in [6.07, 6.45) is 0. The molecule has 5 rings (SSSR count). The Morgan fingerprint density at radius 2 is 1.42 bits per heavy atom. The van der Waals surface area contributed by atoms with Crippen LogP contribution in [0.2, 0.25) is 0 Å². The number of anilines is 1. The van der Waals surface area contributed by atoms with Crippen LogP contribution in [0.5, 0.6) is 5.75 Å². The number of nitrogens with zero attached hydrogens (tertiary/aromatic N) is 2. The number of ether oxygens (including phenoxy) is 1. The molecule has 0 unspecified atom stereocenters. The molecule has 0 aliphatic carbocycles. The molecule has 1 heterocycles. The van der Waals surface area contributed by atoms with E-state index in [9.17, 15) is 14.4 Å². The van der Waals surface area contributed by atoms with Gasteiger partial charge in [0.1, 0.15) is 5.75 Å². The van der Waals surface area contributed by atoms with Crippen molar-refractivity contribution in [2.75, 3.05) is 4.90 Å². The number of fused-ring (bicyclic) bond motifs is 1. The average Bonchev–Trinajstić information content (AvgIpc) is 3.15. The molecule has 0 saturated heterocycles. The summed E-state index contributed by atoms with van der Waals surface area (Å²) < 4.78 is 5.50. The molecule has 0 fully saturated rings. The zero-order chi connectivity index (χ0) is 25.4. The lowest BCUT2D eigenvalue weighted by atomic mass is 10.0. The maximum absolute atomic E-state index is 13.2. The molecule has 4 aromatic rings. The second-order valence-corrected chi connectivity index (χ2v) is 8.60. The number of rotatable bonds is 4. The van der Waals surface area contributed by atoms with Crippen LogP contribution in [0.15, 0.2) is 84.9 Å². The molecule has 4 aromatic carbocycles. The molecule has 0 radical (unpaired) electrons. The Morgan fingerprint density at radius 1 is 0.778 bits per heavy atom. The van der Waals surface area contributed by atoms with Crippen molar-refractivity contribution in [1.82, 2.24) is 0 Å². The number of aryl methyl sites for hydroxylation is 2. The SMILES string of the molecule is Cc1ccc(C)c(N2C(=O)c3ccc(C(=O)Oc4ccc(-c5ccc(C#N)cc5)cc4)cc3C2=O)c1. The van der Waals surface area contributed by atoms with Crippen LogP contribution in [0.1, 0.15) is 47.8 Å². The van der Waals surface area contributed by atoms with Gasteiger partial charge in [0, 0.05) is 0 Å². The quantitative estimate of drug-likeness (QED) is 0.211. The largest absolute Gasteiger partial charge is 0.423 e. The number of esters is 1. The molecule has 0 aromatic heterocycles. The predicted molar refractivity (Wildman–Crippen MR) is 135 cm³/mol. The second kappa shape index (κ2) is 8.97. The van der Waals surface area contributed by atoms with Gasteiger partial charge in [-0.25, -0.2) is 9.69 Å².